The van der Waals surface area contributed by atoms with E-state index in [-0.39, 0.29) is 5.56 Å². The number of carboxylic acid groups (broad SMARTS) is 1. The molecule has 0 saturated heterocycles. The number of aromatic carboxylic acids is 1. The lowest BCUT2D eigenvalue weighted by atomic mass is 10.1. The average molecular weight is 1090 g/mol. The van der Waals surface area contributed by atoms with Crippen molar-refractivity contribution >= 4 is 90.2 Å². The number of aryl methyl sites for hydroxylation is 2. The summed E-state index contributed by atoms with van der Waals surface area (Å²) in [6, 6.07) is 33.7. The van der Waals surface area contributed by atoms with Gasteiger partial charge in [-0.3, -0.25) is 9.97 Å². The van der Waals surface area contributed by atoms with Crippen LogP contribution in [0, 0.1) is 13.8 Å². The van der Waals surface area contributed by atoms with E-state index in [1.807, 2.05) is 95.8 Å². The highest BCUT2D eigenvalue weighted by atomic mass is 79.9. The van der Waals surface area contributed by atoms with Crippen LogP contribution in [0.1, 0.15) is 50.2 Å². The van der Waals surface area contributed by atoms with Crippen LogP contribution in [-0.2, 0) is 18.0 Å². The lowest BCUT2D eigenvalue weighted by molar-refractivity contribution is 0.0525. The Bertz CT molecular complexity index is 3080. The molecule has 1 N–H and O–H groups in total. The highest BCUT2D eigenvalue weighted by molar-refractivity contribution is 9.10. The molecule has 0 unspecified atom stereocenters. The van der Waals surface area contributed by atoms with Gasteiger partial charge in [-0.1, -0.05) is 90.4 Å². The number of rotatable bonds is 13. The number of pyridine rings is 2. The molecule has 66 heavy (non-hydrogen) atoms. The third-order valence-electron chi connectivity index (χ3n) is 10.1. The molecule has 8 rings (SSSR count). The second-order valence-corrected chi connectivity index (χ2v) is 18.1. The first-order chi connectivity index (χ1) is 31.7. The number of ether oxygens (including phenoxy) is 3. The highest BCUT2D eigenvalue weighted by Crippen LogP contribution is 2.38. The second-order valence-electron chi connectivity index (χ2n) is 14.6. The molecular formula is C50H38Br2Cl4N4O6. The molecule has 0 saturated carbocycles. The molecule has 16 heteroatoms. The number of carbonyl (C=O) groups is 2. The summed E-state index contributed by atoms with van der Waals surface area (Å²) < 4.78 is 23.3. The summed E-state index contributed by atoms with van der Waals surface area (Å²) in [7, 11) is 0. The van der Waals surface area contributed by atoms with Gasteiger partial charge in [0.1, 0.15) is 24.7 Å². The van der Waals surface area contributed by atoms with Gasteiger partial charge in [0, 0.05) is 43.9 Å². The van der Waals surface area contributed by atoms with Crippen molar-refractivity contribution in [3.63, 3.8) is 0 Å². The van der Waals surface area contributed by atoms with Gasteiger partial charge in [-0.2, -0.15) is 0 Å². The minimum Gasteiger partial charge on any atom is -0.488 e. The molecule has 0 aliphatic rings. The summed E-state index contributed by atoms with van der Waals surface area (Å²) in [5, 5.41) is 11.3. The maximum absolute atomic E-state index is 12.3. The Morgan fingerprint density at radius 3 is 1.47 bits per heavy atom. The number of hydrogen-bond donors (Lipinski definition) is 1. The zero-order valence-corrected chi connectivity index (χ0v) is 41.6. The normalized spacial score (nSPS) is 10.9. The van der Waals surface area contributed by atoms with E-state index < -0.39 is 11.9 Å². The number of aromatic nitrogens is 4. The smallest absolute Gasteiger partial charge is 0.339 e. The van der Waals surface area contributed by atoms with Crippen LogP contribution in [0.4, 0.5) is 0 Å². The van der Waals surface area contributed by atoms with Crippen molar-refractivity contribution in [2.45, 2.75) is 34.0 Å². The second kappa shape index (κ2) is 21.8. The van der Waals surface area contributed by atoms with Crippen molar-refractivity contribution < 1.29 is 28.9 Å². The summed E-state index contributed by atoms with van der Waals surface area (Å²) in [5.74, 6) is -0.0702. The van der Waals surface area contributed by atoms with Gasteiger partial charge in [0.2, 0.25) is 0 Å². The van der Waals surface area contributed by atoms with E-state index in [9.17, 15) is 14.7 Å². The Hall–Kier alpha value is -5.60. The fourth-order valence-electron chi connectivity index (χ4n) is 6.96. The topological polar surface area (TPSA) is 118 Å². The molecule has 0 aliphatic carbocycles. The molecule has 0 aliphatic heterocycles. The SMILES string of the molecule is CCOC(=O)c1cncc(-n2c(C)ccc2-c2cc(Br)ccc2OCc2ccc(Cl)c(Cl)c2)c1.Cc1ccc(-c2cc(Br)ccc2OCc2ccc(Cl)c(Cl)c2)n1-c1cncc(C(=O)O)c1. The van der Waals surface area contributed by atoms with Gasteiger partial charge in [0.05, 0.1) is 73.0 Å². The van der Waals surface area contributed by atoms with E-state index in [4.69, 9.17) is 60.6 Å². The lowest BCUT2D eigenvalue weighted by Crippen LogP contribution is -2.07. The summed E-state index contributed by atoms with van der Waals surface area (Å²) >= 11 is 31.4. The number of halogens is 6. The number of carbonyl (C=O) groups excluding carboxylic acids is 1. The molecule has 4 aromatic heterocycles. The maximum Gasteiger partial charge on any atom is 0.339 e. The van der Waals surface area contributed by atoms with Crippen LogP contribution >= 0.6 is 78.3 Å². The molecule has 0 amide bonds. The van der Waals surface area contributed by atoms with Crippen LogP contribution in [0.3, 0.4) is 0 Å². The van der Waals surface area contributed by atoms with Crippen LogP contribution in [0.15, 0.2) is 143 Å². The number of hydrogen-bond acceptors (Lipinski definition) is 7. The molecule has 0 spiro atoms. The molecule has 0 bridgehead atoms. The average Bonchev–Trinajstić information content (AvgIpc) is 3.89. The molecule has 0 radical (unpaired) electrons. The minimum atomic E-state index is -1.03. The van der Waals surface area contributed by atoms with E-state index in [0.29, 0.717) is 62.7 Å². The van der Waals surface area contributed by atoms with E-state index in [1.54, 1.807) is 55.7 Å². The van der Waals surface area contributed by atoms with Crippen LogP contribution < -0.4 is 9.47 Å². The van der Waals surface area contributed by atoms with E-state index in [2.05, 4.69) is 41.8 Å². The Morgan fingerprint density at radius 1 is 0.576 bits per heavy atom. The first kappa shape index (κ1) is 48.3. The van der Waals surface area contributed by atoms with Gasteiger partial charge < -0.3 is 28.5 Å². The molecule has 336 valence electrons. The van der Waals surface area contributed by atoms with Gasteiger partial charge in [-0.05, 0) is 129 Å². The van der Waals surface area contributed by atoms with E-state index >= 15 is 0 Å². The van der Waals surface area contributed by atoms with E-state index in [0.717, 1.165) is 59.7 Å². The number of carboxylic acids is 1. The van der Waals surface area contributed by atoms with Crippen molar-refractivity contribution in [2.75, 3.05) is 6.61 Å². The monoisotopic (exact) mass is 1090 g/mol. The summed E-state index contributed by atoms with van der Waals surface area (Å²) in [5.41, 5.74) is 9.07. The molecule has 8 aromatic rings. The minimum absolute atomic E-state index is 0.117. The van der Waals surface area contributed by atoms with Gasteiger partial charge in [0.15, 0.2) is 0 Å². The lowest BCUT2D eigenvalue weighted by Gasteiger charge is -2.16. The molecule has 0 fully saturated rings. The Balaban J connectivity index is 0.000000197. The van der Waals surface area contributed by atoms with Gasteiger partial charge >= 0.3 is 11.9 Å². The van der Waals surface area contributed by atoms with Gasteiger partial charge in [0.25, 0.3) is 0 Å². The zero-order chi connectivity index (χ0) is 47.1. The molecule has 4 heterocycles. The first-order valence-corrected chi connectivity index (χ1v) is 23.2. The molecular weight excluding hydrogens is 1050 g/mol. The quantitative estimate of drug-likeness (QED) is 0.113. The first-order valence-electron chi connectivity index (χ1n) is 20.1. The molecule has 4 aromatic carbocycles. The van der Waals surface area contributed by atoms with Crippen LogP contribution in [0.5, 0.6) is 11.5 Å². The van der Waals surface area contributed by atoms with Crippen LogP contribution in [0.2, 0.25) is 20.1 Å². The maximum atomic E-state index is 12.3. The third-order valence-corrected chi connectivity index (χ3v) is 12.5. The van der Waals surface area contributed by atoms with Crippen molar-refractivity contribution in [2.24, 2.45) is 0 Å². The fraction of sp³-hybridized carbons (Fsp3) is 0.120. The Labute approximate surface area is 417 Å². The number of benzene rings is 4. The van der Waals surface area contributed by atoms with Gasteiger partial charge in [-0.15, -0.1) is 0 Å². The Kier molecular flexibility index (Phi) is 16.0. The summed E-state index contributed by atoms with van der Waals surface area (Å²) in [6.45, 7) is 6.65. The Morgan fingerprint density at radius 2 is 1.03 bits per heavy atom. The predicted octanol–water partition coefficient (Wildman–Crippen LogP) is 14.9. The van der Waals surface area contributed by atoms with Crippen LogP contribution in [-0.4, -0.2) is 42.8 Å². The summed E-state index contributed by atoms with van der Waals surface area (Å²) in [6.07, 6.45) is 6.19. The fourth-order valence-corrected chi connectivity index (χ4v) is 8.33. The van der Waals surface area contributed by atoms with Crippen molar-refractivity contribution in [1.29, 1.82) is 0 Å². The molecule has 0 atom stereocenters. The summed E-state index contributed by atoms with van der Waals surface area (Å²) in [4.78, 5) is 32.1. The standard InChI is InChI=1S/C26H21BrCl2N2O3.C24H17BrCl2N2O3/c1-3-33-26(32)18-11-20(14-30-13-18)31-16(2)4-8-24(31)21-12-19(27)6-9-25(21)34-15-17-5-7-22(28)23(29)10-17;1-14-2-6-22(29(14)18-9-16(24(30)31)11-28-12-18)19-10-17(25)4-7-23(19)32-13-15-3-5-20(26)21(27)8-15/h4-14H,3,15H2,1-2H3;2-12H,13H2,1H3,(H,30,31). The predicted molar refractivity (Wildman–Crippen MR) is 267 cm³/mol. The highest BCUT2D eigenvalue weighted by Gasteiger charge is 2.19. The van der Waals surface area contributed by atoms with Crippen molar-refractivity contribution in [3.8, 4) is 45.4 Å². The third kappa shape index (κ3) is 11.5. The van der Waals surface area contributed by atoms with Crippen molar-refractivity contribution in [3.05, 3.63) is 197 Å². The largest absolute Gasteiger partial charge is 0.488 e. The van der Waals surface area contributed by atoms with Gasteiger partial charge in [-0.25, -0.2) is 9.59 Å². The number of nitrogens with zero attached hydrogens (tertiary/aromatic N) is 4. The van der Waals surface area contributed by atoms with Crippen molar-refractivity contribution in [1.82, 2.24) is 19.1 Å². The van der Waals surface area contributed by atoms with E-state index in [1.165, 1.54) is 12.4 Å². The van der Waals surface area contributed by atoms with Crippen LogP contribution in [0.25, 0.3) is 33.9 Å². The molecule has 10 nitrogen and oxygen atoms in total. The zero-order valence-electron chi connectivity index (χ0n) is 35.4. The number of esters is 1.